The van der Waals surface area contributed by atoms with Gasteiger partial charge in [0.1, 0.15) is 5.69 Å². The largest absolute Gasteiger partial charge is 0.286 e. The number of aromatic nitrogens is 1. The van der Waals surface area contributed by atoms with Gasteiger partial charge in [-0.2, -0.15) is 0 Å². The molecule has 2 heterocycles. The van der Waals surface area contributed by atoms with Crippen molar-refractivity contribution in [2.45, 2.75) is 18.9 Å². The Morgan fingerprint density at radius 1 is 1.00 bits per heavy atom. The van der Waals surface area contributed by atoms with E-state index in [1.165, 1.54) is 5.56 Å². The molecular formula is C20H19N3O. The fourth-order valence-electron chi connectivity index (χ4n) is 3.18. The van der Waals surface area contributed by atoms with Crippen molar-refractivity contribution in [3.05, 3.63) is 78.0 Å². The van der Waals surface area contributed by atoms with Crippen LogP contribution in [0.4, 0.5) is 0 Å². The van der Waals surface area contributed by atoms with Crippen LogP contribution in [0.15, 0.2) is 66.7 Å². The first kappa shape index (κ1) is 14.8. The van der Waals surface area contributed by atoms with Crippen molar-refractivity contribution in [3.8, 4) is 0 Å². The maximum Gasteiger partial charge on any atom is 0.286 e. The summed E-state index contributed by atoms with van der Waals surface area (Å²) in [6.07, 6.45) is 2.00. The quantitative estimate of drug-likeness (QED) is 0.783. The third kappa shape index (κ3) is 2.88. The molecule has 0 bridgehead atoms. The number of para-hydroxylation sites is 1. The average molecular weight is 317 g/mol. The van der Waals surface area contributed by atoms with Crippen LogP contribution in [-0.2, 0) is 0 Å². The number of nitrogens with one attached hydrogen (secondary N) is 1. The van der Waals surface area contributed by atoms with Gasteiger partial charge in [-0.15, -0.1) is 0 Å². The number of benzene rings is 2. The van der Waals surface area contributed by atoms with Crippen LogP contribution in [0.1, 0.15) is 34.9 Å². The highest BCUT2D eigenvalue weighted by atomic mass is 16.2. The van der Waals surface area contributed by atoms with Gasteiger partial charge in [0, 0.05) is 11.9 Å². The minimum Gasteiger partial charge on any atom is -0.272 e. The zero-order valence-corrected chi connectivity index (χ0v) is 13.4. The lowest BCUT2D eigenvalue weighted by Gasteiger charge is -2.34. The van der Waals surface area contributed by atoms with E-state index in [9.17, 15) is 4.79 Å². The Labute approximate surface area is 141 Å². The summed E-state index contributed by atoms with van der Waals surface area (Å²) < 4.78 is 0. The van der Waals surface area contributed by atoms with Crippen molar-refractivity contribution in [2.75, 3.05) is 6.54 Å². The summed E-state index contributed by atoms with van der Waals surface area (Å²) >= 11 is 0. The molecule has 4 heteroatoms. The number of fused-ring (bicyclic) bond motifs is 1. The third-order valence-electron chi connectivity index (χ3n) is 4.45. The molecule has 1 aliphatic heterocycles. The number of rotatable bonds is 2. The molecule has 3 aromatic rings. The van der Waals surface area contributed by atoms with Gasteiger partial charge in [-0.3, -0.25) is 9.80 Å². The van der Waals surface area contributed by atoms with E-state index in [0.29, 0.717) is 12.2 Å². The average Bonchev–Trinajstić information content (AvgIpc) is 2.68. The van der Waals surface area contributed by atoms with E-state index in [1.54, 1.807) is 11.1 Å². The molecule has 120 valence electrons. The molecule has 1 atom stereocenters. The second-order valence-corrected chi connectivity index (χ2v) is 6.08. The third-order valence-corrected chi connectivity index (χ3v) is 4.45. The molecule has 1 amide bonds. The number of carbonyl (C=O) groups is 1. The van der Waals surface area contributed by atoms with Crippen LogP contribution in [0.3, 0.4) is 0 Å². The smallest absolute Gasteiger partial charge is 0.272 e. The summed E-state index contributed by atoms with van der Waals surface area (Å²) in [5, 5.41) is 2.75. The Morgan fingerprint density at radius 3 is 2.67 bits per heavy atom. The summed E-state index contributed by atoms with van der Waals surface area (Å²) in [6.45, 7) is 0.705. The first-order valence-electron chi connectivity index (χ1n) is 8.30. The Bertz CT molecular complexity index is 863. The molecule has 4 rings (SSSR count). The Balaban J connectivity index is 1.56. The number of nitrogens with zero attached hydrogens (tertiary/aromatic N) is 2. The van der Waals surface area contributed by atoms with E-state index >= 15 is 0 Å². The molecule has 0 spiro atoms. The monoisotopic (exact) mass is 317 g/mol. The first-order valence-corrected chi connectivity index (χ1v) is 8.30. The van der Waals surface area contributed by atoms with Crippen LogP contribution in [0.5, 0.6) is 0 Å². The van der Waals surface area contributed by atoms with Crippen molar-refractivity contribution in [1.29, 1.82) is 0 Å². The molecule has 1 saturated heterocycles. The number of amides is 1. The second kappa shape index (κ2) is 6.42. The Hall–Kier alpha value is -2.72. The fraction of sp³-hybridized carbons (Fsp3) is 0.200. The summed E-state index contributed by atoms with van der Waals surface area (Å²) in [7, 11) is 0. The summed E-state index contributed by atoms with van der Waals surface area (Å²) in [5.74, 6) is -0.0682. The number of hydrazine groups is 1. The van der Waals surface area contributed by atoms with Gasteiger partial charge in [0.05, 0.1) is 11.6 Å². The normalized spacial score (nSPS) is 17.8. The summed E-state index contributed by atoms with van der Waals surface area (Å²) in [5.41, 5.74) is 5.90. The van der Waals surface area contributed by atoms with Gasteiger partial charge >= 0.3 is 0 Å². The Morgan fingerprint density at radius 2 is 1.79 bits per heavy atom. The molecule has 1 N–H and O–H groups in total. The number of hydrogen-bond donors (Lipinski definition) is 1. The van der Waals surface area contributed by atoms with Crippen LogP contribution in [0.2, 0.25) is 0 Å². The van der Waals surface area contributed by atoms with Crippen molar-refractivity contribution in [3.63, 3.8) is 0 Å². The summed E-state index contributed by atoms with van der Waals surface area (Å²) in [4.78, 5) is 17.3. The fourth-order valence-corrected chi connectivity index (χ4v) is 3.18. The highest BCUT2D eigenvalue weighted by Gasteiger charge is 2.25. The molecule has 24 heavy (non-hydrogen) atoms. The molecule has 0 aliphatic carbocycles. The maximum atomic E-state index is 12.8. The molecule has 1 fully saturated rings. The summed E-state index contributed by atoms with van der Waals surface area (Å²) in [6, 6.07) is 22.0. The van der Waals surface area contributed by atoms with E-state index < -0.39 is 0 Å². The van der Waals surface area contributed by atoms with E-state index in [0.717, 1.165) is 23.7 Å². The lowest BCUT2D eigenvalue weighted by atomic mass is 10.0. The van der Waals surface area contributed by atoms with Crippen LogP contribution >= 0.6 is 0 Å². The topological polar surface area (TPSA) is 45.2 Å². The van der Waals surface area contributed by atoms with Crippen LogP contribution in [-0.4, -0.2) is 22.4 Å². The lowest BCUT2D eigenvalue weighted by Crippen LogP contribution is -2.48. The predicted octanol–water partition coefficient (Wildman–Crippen LogP) is 3.72. The van der Waals surface area contributed by atoms with Gasteiger partial charge in [-0.05, 0) is 30.5 Å². The number of carbonyl (C=O) groups excluding carboxylic acids is 1. The van der Waals surface area contributed by atoms with Gasteiger partial charge in [0.2, 0.25) is 0 Å². The lowest BCUT2D eigenvalue weighted by molar-refractivity contribution is 0.0528. The predicted molar refractivity (Wildman–Crippen MR) is 94.3 cm³/mol. The van der Waals surface area contributed by atoms with Crippen molar-refractivity contribution >= 4 is 16.8 Å². The highest BCUT2D eigenvalue weighted by Crippen LogP contribution is 2.23. The maximum absolute atomic E-state index is 12.8. The molecule has 0 unspecified atom stereocenters. The van der Waals surface area contributed by atoms with E-state index in [4.69, 9.17) is 0 Å². The van der Waals surface area contributed by atoms with Crippen molar-refractivity contribution in [2.24, 2.45) is 0 Å². The molecule has 1 aliphatic rings. The molecule has 4 nitrogen and oxygen atoms in total. The Kier molecular flexibility index (Phi) is 3.97. The number of hydrogen-bond acceptors (Lipinski definition) is 3. The first-order chi connectivity index (χ1) is 11.8. The highest BCUT2D eigenvalue weighted by molar-refractivity contribution is 5.94. The van der Waals surface area contributed by atoms with E-state index in [-0.39, 0.29) is 11.9 Å². The van der Waals surface area contributed by atoms with E-state index in [2.05, 4.69) is 22.5 Å². The molecule has 2 aromatic carbocycles. The van der Waals surface area contributed by atoms with Gasteiger partial charge in [0.25, 0.3) is 5.91 Å². The van der Waals surface area contributed by atoms with Crippen LogP contribution in [0, 0.1) is 0 Å². The van der Waals surface area contributed by atoms with E-state index in [1.807, 2.05) is 48.5 Å². The molecular weight excluding hydrogens is 298 g/mol. The molecule has 1 aromatic heterocycles. The minimum atomic E-state index is -0.0682. The molecule has 0 radical (unpaired) electrons. The SMILES string of the molecule is O=C(c1ccc2ccccc2n1)N1CCC[C@H](c2ccccc2)N1. The van der Waals surface area contributed by atoms with Crippen molar-refractivity contribution < 1.29 is 4.79 Å². The van der Waals surface area contributed by atoms with Gasteiger partial charge < -0.3 is 0 Å². The zero-order chi connectivity index (χ0) is 16.4. The minimum absolute atomic E-state index is 0.0682. The van der Waals surface area contributed by atoms with Gasteiger partial charge in [-0.25, -0.2) is 10.4 Å². The van der Waals surface area contributed by atoms with Crippen LogP contribution in [0.25, 0.3) is 10.9 Å². The molecule has 0 saturated carbocycles. The standard InChI is InChI=1S/C20H19N3O/c24-20(19-13-12-16-9-4-5-10-17(16)21-19)23-14-6-11-18(22-23)15-7-2-1-3-8-15/h1-5,7-10,12-13,18,22H,6,11,14H2/t18-/m1/s1. The van der Waals surface area contributed by atoms with Gasteiger partial charge in [-0.1, -0.05) is 54.6 Å². The zero-order valence-electron chi connectivity index (χ0n) is 13.4. The number of pyridine rings is 1. The van der Waals surface area contributed by atoms with Crippen molar-refractivity contribution in [1.82, 2.24) is 15.4 Å². The second-order valence-electron chi connectivity index (χ2n) is 6.08. The van der Waals surface area contributed by atoms with Gasteiger partial charge in [0.15, 0.2) is 0 Å². The van der Waals surface area contributed by atoms with Crippen LogP contribution < -0.4 is 5.43 Å².